The van der Waals surface area contributed by atoms with Crippen LogP contribution in [0.5, 0.6) is 0 Å². The molecule has 0 saturated carbocycles. The summed E-state index contributed by atoms with van der Waals surface area (Å²) in [5.74, 6) is -0.0667. The van der Waals surface area contributed by atoms with Crippen LogP contribution in [0.3, 0.4) is 0 Å². The first-order valence-electron chi connectivity index (χ1n) is 6.70. The second kappa shape index (κ2) is 6.48. The molecule has 1 fully saturated rings. The molecule has 0 aromatic carbocycles. The van der Waals surface area contributed by atoms with Crippen molar-refractivity contribution < 1.29 is 9.53 Å². The molecule has 0 radical (unpaired) electrons. The lowest BCUT2D eigenvalue weighted by atomic mass is 9.81. The zero-order valence-electron chi connectivity index (χ0n) is 11.5. The maximum absolute atomic E-state index is 12.4. The Labute approximate surface area is 115 Å². The molecule has 0 bridgehead atoms. The number of rotatable bonds is 6. The van der Waals surface area contributed by atoms with E-state index in [0.29, 0.717) is 12.8 Å². The molecule has 1 heterocycles. The van der Waals surface area contributed by atoms with Crippen LogP contribution in [-0.2, 0) is 9.53 Å². The van der Waals surface area contributed by atoms with Crippen molar-refractivity contribution in [2.75, 3.05) is 6.61 Å². The van der Waals surface area contributed by atoms with Crippen LogP contribution in [0, 0.1) is 5.41 Å². The van der Waals surface area contributed by atoms with Gasteiger partial charge in [0.1, 0.15) is 0 Å². The number of ether oxygens (including phenoxy) is 1. The van der Waals surface area contributed by atoms with Gasteiger partial charge in [-0.3, -0.25) is 4.79 Å². The van der Waals surface area contributed by atoms with Gasteiger partial charge < -0.3 is 15.8 Å². The number of nitrogens with one attached hydrogen (secondary N) is 1. The highest BCUT2D eigenvalue weighted by molar-refractivity contribution is 7.80. The van der Waals surface area contributed by atoms with Gasteiger partial charge in [0.05, 0.1) is 22.5 Å². The summed E-state index contributed by atoms with van der Waals surface area (Å²) < 4.78 is 5.58. The molecule has 4 nitrogen and oxygen atoms in total. The minimum absolute atomic E-state index is 0.00632. The third-order valence-electron chi connectivity index (χ3n) is 3.99. The first-order valence-corrected chi connectivity index (χ1v) is 7.11. The zero-order valence-corrected chi connectivity index (χ0v) is 12.3. The summed E-state index contributed by atoms with van der Waals surface area (Å²) in [7, 11) is 0. The number of nitrogens with two attached hydrogens (primary N) is 1. The van der Waals surface area contributed by atoms with E-state index in [1.54, 1.807) is 0 Å². The van der Waals surface area contributed by atoms with Crippen LogP contribution in [0.1, 0.15) is 46.5 Å². The molecule has 0 aromatic rings. The van der Waals surface area contributed by atoms with Crippen molar-refractivity contribution in [3.05, 3.63) is 0 Å². The summed E-state index contributed by atoms with van der Waals surface area (Å²) in [5.41, 5.74) is 5.04. The third kappa shape index (κ3) is 3.01. The van der Waals surface area contributed by atoms with E-state index in [0.717, 1.165) is 19.4 Å². The molecular weight excluding hydrogens is 248 g/mol. The summed E-state index contributed by atoms with van der Waals surface area (Å²) in [6, 6.07) is 0.00632. The van der Waals surface area contributed by atoms with Crippen molar-refractivity contribution in [2.24, 2.45) is 11.1 Å². The van der Waals surface area contributed by atoms with E-state index in [1.165, 1.54) is 0 Å². The molecule has 18 heavy (non-hydrogen) atoms. The van der Waals surface area contributed by atoms with E-state index >= 15 is 0 Å². The quantitative estimate of drug-likeness (QED) is 0.723. The van der Waals surface area contributed by atoms with Gasteiger partial charge in [-0.2, -0.15) is 0 Å². The van der Waals surface area contributed by atoms with E-state index in [9.17, 15) is 4.79 Å². The number of hydrogen-bond acceptors (Lipinski definition) is 3. The fraction of sp³-hybridized carbons (Fsp3) is 0.846. The molecule has 0 aliphatic carbocycles. The molecule has 104 valence electrons. The molecular formula is C13H24N2O2S. The predicted octanol–water partition coefficient (Wildman–Crippen LogP) is 1.76. The maximum Gasteiger partial charge on any atom is 0.233 e. The van der Waals surface area contributed by atoms with Crippen LogP contribution in [0.25, 0.3) is 0 Å². The minimum Gasteiger partial charge on any atom is -0.392 e. The van der Waals surface area contributed by atoms with Gasteiger partial charge >= 0.3 is 0 Å². The van der Waals surface area contributed by atoms with Gasteiger partial charge in [-0.25, -0.2) is 0 Å². The van der Waals surface area contributed by atoms with Crippen LogP contribution in [0.15, 0.2) is 0 Å². The number of thiocarbonyl (C=S) groups is 1. The summed E-state index contributed by atoms with van der Waals surface area (Å²) in [5, 5.41) is 3.01. The lowest BCUT2D eigenvalue weighted by Gasteiger charge is -2.31. The number of amides is 1. The highest BCUT2D eigenvalue weighted by atomic mass is 32.1. The van der Waals surface area contributed by atoms with Gasteiger partial charge in [-0.05, 0) is 32.6 Å². The highest BCUT2D eigenvalue weighted by Gasteiger charge is 2.39. The molecule has 5 heteroatoms. The fourth-order valence-electron chi connectivity index (χ4n) is 2.47. The SMILES string of the molecule is CCC(CC)(C(=O)NC(C)C1CCCO1)C(N)=S. The van der Waals surface area contributed by atoms with E-state index in [-0.39, 0.29) is 23.0 Å². The molecule has 0 aromatic heterocycles. The van der Waals surface area contributed by atoms with Crippen LogP contribution in [0.4, 0.5) is 0 Å². The largest absolute Gasteiger partial charge is 0.392 e. The van der Waals surface area contributed by atoms with Gasteiger partial charge in [0.15, 0.2) is 0 Å². The predicted molar refractivity (Wildman–Crippen MR) is 76.4 cm³/mol. The van der Waals surface area contributed by atoms with Crippen molar-refractivity contribution in [3.8, 4) is 0 Å². The summed E-state index contributed by atoms with van der Waals surface area (Å²) in [4.78, 5) is 12.7. The molecule has 1 aliphatic rings. The normalized spacial score (nSPS) is 21.6. The first-order chi connectivity index (χ1) is 8.47. The van der Waals surface area contributed by atoms with Gasteiger partial charge in [-0.1, -0.05) is 26.1 Å². The monoisotopic (exact) mass is 272 g/mol. The van der Waals surface area contributed by atoms with Crippen LogP contribution in [0.2, 0.25) is 0 Å². The van der Waals surface area contributed by atoms with Crippen molar-refractivity contribution in [1.29, 1.82) is 0 Å². The molecule has 1 rings (SSSR count). The topological polar surface area (TPSA) is 64.3 Å². The van der Waals surface area contributed by atoms with E-state index in [1.807, 2.05) is 20.8 Å². The molecule has 3 N–H and O–H groups in total. The lowest BCUT2D eigenvalue weighted by molar-refractivity contribution is -0.129. The second-order valence-corrected chi connectivity index (χ2v) is 5.41. The van der Waals surface area contributed by atoms with Crippen molar-refractivity contribution in [1.82, 2.24) is 5.32 Å². The Bertz CT molecular complexity index is 310. The second-order valence-electron chi connectivity index (χ2n) is 4.97. The summed E-state index contributed by atoms with van der Waals surface area (Å²) >= 11 is 5.08. The van der Waals surface area contributed by atoms with Crippen molar-refractivity contribution in [3.63, 3.8) is 0 Å². The Hall–Kier alpha value is -0.680. The Morgan fingerprint density at radius 1 is 1.56 bits per heavy atom. The van der Waals surface area contributed by atoms with Crippen molar-refractivity contribution >= 4 is 23.1 Å². The average Bonchev–Trinajstić information content (AvgIpc) is 2.84. The zero-order chi connectivity index (χ0) is 13.8. The third-order valence-corrected chi connectivity index (χ3v) is 4.39. The van der Waals surface area contributed by atoms with Gasteiger partial charge in [0, 0.05) is 6.61 Å². The number of carbonyl (C=O) groups excluding carboxylic acids is 1. The van der Waals surface area contributed by atoms with E-state index in [2.05, 4.69) is 5.32 Å². The molecule has 1 saturated heterocycles. The summed E-state index contributed by atoms with van der Waals surface area (Å²) in [6.45, 7) is 6.65. The van der Waals surface area contributed by atoms with Crippen molar-refractivity contribution in [2.45, 2.75) is 58.6 Å². The van der Waals surface area contributed by atoms with Crippen LogP contribution >= 0.6 is 12.2 Å². The summed E-state index contributed by atoms with van der Waals surface area (Å²) in [6.07, 6.45) is 3.44. The Kier molecular flexibility index (Phi) is 5.53. The molecule has 1 amide bonds. The van der Waals surface area contributed by atoms with E-state index < -0.39 is 5.41 Å². The molecule has 1 aliphatic heterocycles. The first kappa shape index (κ1) is 15.4. The Balaban J connectivity index is 2.69. The average molecular weight is 272 g/mol. The maximum atomic E-state index is 12.4. The minimum atomic E-state index is -0.720. The number of carbonyl (C=O) groups is 1. The van der Waals surface area contributed by atoms with Crippen LogP contribution < -0.4 is 11.1 Å². The van der Waals surface area contributed by atoms with Crippen LogP contribution in [-0.4, -0.2) is 29.6 Å². The van der Waals surface area contributed by atoms with Gasteiger partial charge in [0.2, 0.25) is 5.91 Å². The Morgan fingerprint density at radius 2 is 2.17 bits per heavy atom. The molecule has 0 spiro atoms. The fourth-order valence-corrected chi connectivity index (χ4v) is 2.85. The Morgan fingerprint density at radius 3 is 2.56 bits per heavy atom. The molecule has 2 unspecified atom stereocenters. The lowest BCUT2D eigenvalue weighted by Crippen LogP contribution is -2.52. The standard InChI is InChI=1S/C13H24N2O2S/c1-4-13(5-2,11(14)18)12(16)15-9(3)10-7-6-8-17-10/h9-10H,4-8H2,1-3H3,(H2,14,18)(H,15,16). The highest BCUT2D eigenvalue weighted by Crippen LogP contribution is 2.28. The smallest absolute Gasteiger partial charge is 0.233 e. The van der Waals surface area contributed by atoms with Gasteiger partial charge in [0.25, 0.3) is 0 Å². The van der Waals surface area contributed by atoms with E-state index in [4.69, 9.17) is 22.7 Å². The number of hydrogen-bond donors (Lipinski definition) is 2. The molecule has 2 atom stereocenters. The van der Waals surface area contributed by atoms with Gasteiger partial charge in [-0.15, -0.1) is 0 Å².